The van der Waals surface area contributed by atoms with Gasteiger partial charge in [-0.25, -0.2) is 4.79 Å². The second-order valence-corrected chi connectivity index (χ2v) is 6.28. The van der Waals surface area contributed by atoms with Crippen LogP contribution in [0.5, 0.6) is 0 Å². The molecule has 1 rings (SSSR count). The van der Waals surface area contributed by atoms with Crippen molar-refractivity contribution < 1.29 is 14.3 Å². The Bertz CT molecular complexity index is 410. The average Bonchev–Trinajstić information content (AvgIpc) is 2.89. The maximum Gasteiger partial charge on any atom is 0.437 e. The lowest BCUT2D eigenvalue weighted by Gasteiger charge is -2.17. The number of hydrogen-bond acceptors (Lipinski definition) is 3. The average molecular weight is 311 g/mol. The fourth-order valence-corrected chi connectivity index (χ4v) is 2.03. The molecule has 7 nitrogen and oxygen atoms in total. The molecule has 1 fully saturated rings. The van der Waals surface area contributed by atoms with Crippen LogP contribution in [-0.4, -0.2) is 48.1 Å². The Kier molecular flexibility index (Phi) is 7.14. The zero-order valence-corrected chi connectivity index (χ0v) is 13.7. The number of carbonyl (C=O) groups excluding carboxylic acids is 2. The van der Waals surface area contributed by atoms with Crippen LogP contribution in [-0.2, 0) is 9.53 Å². The van der Waals surface area contributed by atoms with Crippen LogP contribution < -0.4 is 11.1 Å². The third kappa shape index (κ3) is 7.85. The molecule has 1 radical (unpaired) electrons. The van der Waals surface area contributed by atoms with Crippen LogP contribution in [0.25, 0.3) is 0 Å². The van der Waals surface area contributed by atoms with Gasteiger partial charge in [0.25, 0.3) is 0 Å². The first-order valence-corrected chi connectivity index (χ1v) is 7.71. The summed E-state index contributed by atoms with van der Waals surface area (Å²) in [6.45, 7) is 7.56. The molecule has 1 aliphatic rings. The van der Waals surface area contributed by atoms with Gasteiger partial charge >= 0.3 is 6.09 Å². The van der Waals surface area contributed by atoms with Crippen molar-refractivity contribution in [1.82, 2.24) is 10.2 Å². The summed E-state index contributed by atoms with van der Waals surface area (Å²) in [4.78, 5) is 28.6. The van der Waals surface area contributed by atoms with Crippen LogP contribution in [0.4, 0.5) is 4.79 Å². The molecule has 0 spiro atoms. The van der Waals surface area contributed by atoms with Gasteiger partial charge in [-0.3, -0.25) is 4.79 Å². The molecule has 1 heterocycles. The van der Waals surface area contributed by atoms with Gasteiger partial charge in [0, 0.05) is 26.1 Å². The van der Waals surface area contributed by atoms with E-state index in [1.807, 2.05) is 4.90 Å². The summed E-state index contributed by atoms with van der Waals surface area (Å²) in [5, 5.41) is 2.82. The molecular weight excluding hydrogens is 284 g/mol. The third-order valence-corrected chi connectivity index (χ3v) is 3.03. The molecule has 0 unspecified atom stereocenters. The molecule has 0 atom stereocenters. The Morgan fingerprint density at radius 1 is 1.32 bits per heavy atom. The summed E-state index contributed by atoms with van der Waals surface area (Å²) >= 11 is 0. The number of rotatable bonds is 5. The summed E-state index contributed by atoms with van der Waals surface area (Å²) in [6.07, 6.45) is 4.59. The molecule has 0 aliphatic carbocycles. The highest BCUT2D eigenvalue weighted by atomic mass is 16.6. The van der Waals surface area contributed by atoms with Crippen molar-refractivity contribution >= 4 is 18.0 Å². The fourth-order valence-electron chi connectivity index (χ4n) is 2.03. The maximum absolute atomic E-state index is 11.8. The summed E-state index contributed by atoms with van der Waals surface area (Å²) < 4.78 is 5.02. The molecule has 0 bridgehead atoms. The lowest BCUT2D eigenvalue weighted by atomic mass is 10.2. The molecule has 22 heavy (non-hydrogen) atoms. The van der Waals surface area contributed by atoms with Gasteiger partial charge in [0.2, 0.25) is 5.91 Å². The first-order chi connectivity index (χ1) is 10.3. The van der Waals surface area contributed by atoms with E-state index in [2.05, 4.69) is 10.3 Å². The second-order valence-electron chi connectivity index (χ2n) is 6.28. The standard InChI is InChI=1S/C15H27N4O3/c1-15(2,3)22-14(21)18-13(16)17-9-5-4-8-12(20)19-10-6-7-11-19/h8H,4-7,9-11H2,1-3H3,(H3,16,17,18,21). The molecule has 3 N–H and O–H groups in total. The van der Waals surface area contributed by atoms with E-state index in [0.29, 0.717) is 13.0 Å². The monoisotopic (exact) mass is 311 g/mol. The molecule has 7 heteroatoms. The van der Waals surface area contributed by atoms with Crippen molar-refractivity contribution in [1.29, 1.82) is 0 Å². The predicted molar refractivity (Wildman–Crippen MR) is 85.2 cm³/mol. The van der Waals surface area contributed by atoms with Crippen LogP contribution in [0.3, 0.4) is 0 Å². The van der Waals surface area contributed by atoms with Gasteiger partial charge in [0.05, 0.1) is 0 Å². The molecule has 1 saturated heterocycles. The van der Waals surface area contributed by atoms with E-state index >= 15 is 0 Å². The zero-order chi connectivity index (χ0) is 16.6. The molecule has 0 aromatic carbocycles. The number of guanidine groups is 1. The molecular formula is C15H27N4O3. The zero-order valence-electron chi connectivity index (χ0n) is 13.7. The quantitative estimate of drug-likeness (QED) is 0.455. The van der Waals surface area contributed by atoms with Crippen LogP contribution in [0.2, 0.25) is 0 Å². The number of nitrogens with one attached hydrogen (secondary N) is 1. The number of ether oxygens (including phenoxy) is 1. The molecule has 0 aromatic rings. The van der Waals surface area contributed by atoms with Crippen LogP contribution >= 0.6 is 0 Å². The number of hydrogen-bond donors (Lipinski definition) is 2. The van der Waals surface area contributed by atoms with Gasteiger partial charge < -0.3 is 20.7 Å². The van der Waals surface area contributed by atoms with Gasteiger partial charge in [0.1, 0.15) is 5.60 Å². The number of unbranched alkanes of at least 4 members (excludes halogenated alkanes) is 1. The Labute approximate surface area is 132 Å². The lowest BCUT2D eigenvalue weighted by molar-refractivity contribution is -0.126. The minimum absolute atomic E-state index is 0.0279. The van der Waals surface area contributed by atoms with Gasteiger partial charge in [-0.15, -0.1) is 4.99 Å². The van der Waals surface area contributed by atoms with Gasteiger partial charge in [-0.2, -0.15) is 0 Å². The van der Waals surface area contributed by atoms with Crippen molar-refractivity contribution in [3.05, 3.63) is 6.42 Å². The summed E-state index contributed by atoms with van der Waals surface area (Å²) in [7, 11) is 0. The van der Waals surface area contributed by atoms with Gasteiger partial charge in [0.15, 0.2) is 5.96 Å². The Morgan fingerprint density at radius 3 is 2.55 bits per heavy atom. The van der Waals surface area contributed by atoms with Crippen molar-refractivity contribution in [2.24, 2.45) is 10.7 Å². The summed E-state index contributed by atoms with van der Waals surface area (Å²) in [5.41, 5.74) is 5.00. The largest absolute Gasteiger partial charge is 0.442 e. The molecule has 125 valence electrons. The van der Waals surface area contributed by atoms with Crippen molar-refractivity contribution in [2.75, 3.05) is 19.6 Å². The van der Waals surface area contributed by atoms with Crippen LogP contribution in [0.1, 0.15) is 46.5 Å². The van der Waals surface area contributed by atoms with E-state index in [9.17, 15) is 9.59 Å². The minimum atomic E-state index is -0.715. The number of amides is 2. The highest BCUT2D eigenvalue weighted by Crippen LogP contribution is 2.10. The van der Waals surface area contributed by atoms with Crippen molar-refractivity contribution in [3.8, 4) is 0 Å². The van der Waals surface area contributed by atoms with E-state index < -0.39 is 11.7 Å². The molecule has 2 amide bonds. The highest BCUT2D eigenvalue weighted by molar-refractivity contribution is 5.89. The maximum atomic E-state index is 11.8. The normalized spacial score (nSPS) is 15.8. The number of nitrogens with two attached hydrogens (primary N) is 1. The number of carbonyl (C=O) groups is 2. The van der Waals surface area contributed by atoms with Crippen molar-refractivity contribution in [2.45, 2.75) is 52.1 Å². The van der Waals surface area contributed by atoms with Crippen LogP contribution in [0.15, 0.2) is 4.99 Å². The Balaban J connectivity index is 2.12. The number of likely N-dealkylation sites (tertiary alicyclic amines) is 1. The number of aliphatic imine (C=N–C) groups is 1. The lowest BCUT2D eigenvalue weighted by Crippen LogP contribution is -2.34. The van der Waals surface area contributed by atoms with Gasteiger partial charge in [-0.1, -0.05) is 0 Å². The van der Waals surface area contributed by atoms with Gasteiger partial charge in [-0.05, 0) is 46.5 Å². The third-order valence-electron chi connectivity index (χ3n) is 3.03. The van der Waals surface area contributed by atoms with Crippen molar-refractivity contribution in [3.63, 3.8) is 0 Å². The van der Waals surface area contributed by atoms with E-state index in [1.165, 1.54) is 0 Å². The van der Waals surface area contributed by atoms with E-state index in [0.717, 1.165) is 32.4 Å². The van der Waals surface area contributed by atoms with E-state index in [4.69, 9.17) is 10.5 Å². The molecule has 1 aliphatic heterocycles. The second kappa shape index (κ2) is 8.60. The predicted octanol–water partition coefficient (Wildman–Crippen LogP) is 1.43. The SMILES string of the molecule is CC(C)(C)OC(=O)N=C(N)NCCC[CH]C(=O)N1CCCC1. The van der Waals surface area contributed by atoms with E-state index in [1.54, 1.807) is 27.2 Å². The Morgan fingerprint density at radius 2 is 1.95 bits per heavy atom. The number of nitrogens with zero attached hydrogens (tertiary/aromatic N) is 2. The first-order valence-electron chi connectivity index (χ1n) is 7.71. The minimum Gasteiger partial charge on any atom is -0.442 e. The van der Waals surface area contributed by atoms with E-state index in [-0.39, 0.29) is 11.9 Å². The summed E-state index contributed by atoms with van der Waals surface area (Å²) in [5.74, 6) is 0.132. The highest BCUT2D eigenvalue weighted by Gasteiger charge is 2.17. The first kappa shape index (κ1) is 18.3. The fraction of sp³-hybridized carbons (Fsp3) is 0.733. The smallest absolute Gasteiger partial charge is 0.437 e. The molecule has 0 saturated carbocycles. The molecule has 0 aromatic heterocycles. The summed E-state index contributed by atoms with van der Waals surface area (Å²) in [6, 6.07) is 0. The van der Waals surface area contributed by atoms with Crippen LogP contribution in [0, 0.1) is 6.42 Å². The Hall–Kier alpha value is -1.79. The topological polar surface area (TPSA) is 97.0 Å².